The van der Waals surface area contributed by atoms with Crippen LogP contribution in [0.3, 0.4) is 0 Å². The molecular formula is C20H42BrNSn. The molecule has 0 spiro atoms. The van der Waals surface area contributed by atoms with Crippen molar-refractivity contribution >= 4 is 18.4 Å². The van der Waals surface area contributed by atoms with Crippen LogP contribution in [0.4, 0.5) is 0 Å². The summed E-state index contributed by atoms with van der Waals surface area (Å²) in [6.45, 7) is 13.9. The van der Waals surface area contributed by atoms with E-state index in [1.807, 2.05) is 0 Å². The van der Waals surface area contributed by atoms with Crippen LogP contribution in [0.5, 0.6) is 0 Å². The number of hydrogen-bond donors (Lipinski definition) is 0. The molecule has 0 amide bonds. The monoisotopic (exact) mass is 495 g/mol. The first-order chi connectivity index (χ1) is 10.6. The van der Waals surface area contributed by atoms with Crippen LogP contribution in [0.1, 0.15) is 72.1 Å². The number of hydrogen-bond acceptors (Lipinski definition) is 0. The van der Waals surface area contributed by atoms with E-state index >= 15 is 0 Å². The van der Waals surface area contributed by atoms with Crippen LogP contribution in [0.25, 0.3) is 0 Å². The summed E-state index contributed by atoms with van der Waals surface area (Å²) in [5, 5.41) is 0. The third kappa shape index (κ3) is 6.66. The first kappa shape index (κ1) is 24.0. The zero-order valence-corrected chi connectivity index (χ0v) is 20.8. The fourth-order valence-corrected chi connectivity index (χ4v) is 25.9. The first-order valence-electron chi connectivity index (χ1n) is 10.0. The molecule has 0 bridgehead atoms. The van der Waals surface area contributed by atoms with Crippen molar-refractivity contribution in [3.8, 4) is 0 Å². The number of likely N-dealkylation sites (N-methyl/N-ethyl adjacent to an activating group) is 1. The minimum absolute atomic E-state index is 0. The Labute approximate surface area is 161 Å². The van der Waals surface area contributed by atoms with Gasteiger partial charge in [-0.25, -0.2) is 0 Å². The Bertz CT molecular complexity index is 299. The van der Waals surface area contributed by atoms with Gasteiger partial charge in [-0.05, 0) is 0 Å². The van der Waals surface area contributed by atoms with Crippen LogP contribution in [0, 0.1) is 0 Å². The second-order valence-electron chi connectivity index (χ2n) is 8.01. The van der Waals surface area contributed by atoms with Gasteiger partial charge in [-0.2, -0.15) is 0 Å². The van der Waals surface area contributed by atoms with Gasteiger partial charge in [-0.1, -0.05) is 0 Å². The van der Waals surface area contributed by atoms with Crippen LogP contribution in [-0.2, 0) is 0 Å². The van der Waals surface area contributed by atoms with Gasteiger partial charge in [0.15, 0.2) is 0 Å². The van der Waals surface area contributed by atoms with E-state index in [0.717, 1.165) is 4.06 Å². The predicted molar refractivity (Wildman–Crippen MR) is 104 cm³/mol. The van der Waals surface area contributed by atoms with E-state index in [1.54, 1.807) is 13.3 Å². The summed E-state index contributed by atoms with van der Waals surface area (Å²) in [6, 6.07) is 0. The topological polar surface area (TPSA) is 0 Å². The van der Waals surface area contributed by atoms with Gasteiger partial charge in [-0.15, -0.1) is 0 Å². The normalized spacial score (nSPS) is 24.4. The van der Waals surface area contributed by atoms with E-state index in [-0.39, 0.29) is 17.0 Å². The Morgan fingerprint density at radius 2 is 1.48 bits per heavy atom. The molecule has 3 heteroatoms. The molecule has 1 heterocycles. The fourth-order valence-electron chi connectivity index (χ4n) is 5.06. The Morgan fingerprint density at radius 3 is 1.87 bits per heavy atom. The summed E-state index contributed by atoms with van der Waals surface area (Å²) in [4.78, 5) is 0. The molecule has 1 saturated heterocycles. The van der Waals surface area contributed by atoms with Gasteiger partial charge >= 0.3 is 145 Å². The molecule has 0 aromatic carbocycles. The quantitative estimate of drug-likeness (QED) is 0.222. The van der Waals surface area contributed by atoms with Crippen molar-refractivity contribution in [3.05, 3.63) is 12.7 Å². The molecule has 1 unspecified atom stereocenters. The largest absolute Gasteiger partial charge is 1.00 e. The van der Waals surface area contributed by atoms with Crippen molar-refractivity contribution in [2.24, 2.45) is 0 Å². The van der Waals surface area contributed by atoms with Crippen molar-refractivity contribution in [2.45, 2.75) is 89.5 Å². The minimum atomic E-state index is -2.08. The molecule has 1 nitrogen and oxygen atoms in total. The number of likely N-dealkylation sites (tertiary alicyclic amines) is 1. The molecule has 23 heavy (non-hydrogen) atoms. The summed E-state index contributed by atoms with van der Waals surface area (Å²) in [7, 11) is 2.56. The van der Waals surface area contributed by atoms with Gasteiger partial charge in [0.1, 0.15) is 0 Å². The number of rotatable bonds is 12. The van der Waals surface area contributed by atoms with Crippen molar-refractivity contribution in [1.29, 1.82) is 0 Å². The van der Waals surface area contributed by atoms with Crippen LogP contribution >= 0.6 is 0 Å². The Hall–Kier alpha value is 0.979. The molecule has 0 N–H and O–H groups in total. The van der Waals surface area contributed by atoms with Crippen LogP contribution in [0.15, 0.2) is 12.7 Å². The van der Waals surface area contributed by atoms with Gasteiger partial charge in [-0.3, -0.25) is 0 Å². The third-order valence-electron chi connectivity index (χ3n) is 6.24. The molecule has 1 aliphatic rings. The number of nitrogens with zero attached hydrogens (tertiary/aromatic N) is 1. The Kier molecular flexibility index (Phi) is 12.9. The average Bonchev–Trinajstić information content (AvgIpc) is 2.89. The standard InChI is InChI=1S/C8H15N.3C4H9.BrH.Sn/c1-3-6-9(2)7-4-5-8-9;3*1-3-4-2;;/h3,7H,1,4-6,8H2,2H3;3*1,3-4H2,2H3;1H;/q+1;;;;;/p-1. The molecule has 0 aliphatic carbocycles. The second kappa shape index (κ2) is 12.4. The van der Waals surface area contributed by atoms with E-state index in [2.05, 4.69) is 40.5 Å². The second-order valence-corrected chi connectivity index (χ2v) is 22.0. The smallest absolute Gasteiger partial charge is 1.00 e. The number of halogens is 1. The molecule has 0 aromatic heterocycles. The first-order valence-corrected chi connectivity index (χ1v) is 17.7. The maximum Gasteiger partial charge on any atom is -1.00 e. The van der Waals surface area contributed by atoms with Gasteiger partial charge in [0.25, 0.3) is 0 Å². The van der Waals surface area contributed by atoms with E-state index in [9.17, 15) is 0 Å². The van der Waals surface area contributed by atoms with Gasteiger partial charge < -0.3 is 17.0 Å². The Balaban J connectivity index is 0.00000484. The maximum absolute atomic E-state index is 4.08. The number of quaternary nitrogens is 1. The minimum Gasteiger partial charge on any atom is -1.00 e. The van der Waals surface area contributed by atoms with Crippen LogP contribution < -0.4 is 17.0 Å². The van der Waals surface area contributed by atoms with Gasteiger partial charge in [0.05, 0.1) is 0 Å². The summed E-state index contributed by atoms with van der Waals surface area (Å²) in [5.74, 6) is 0. The van der Waals surface area contributed by atoms with E-state index in [4.69, 9.17) is 0 Å². The summed E-state index contributed by atoms with van der Waals surface area (Å²) in [6.07, 6.45) is 13.9. The Morgan fingerprint density at radius 1 is 1.00 bits per heavy atom. The molecular weight excluding hydrogens is 453 g/mol. The van der Waals surface area contributed by atoms with Crippen molar-refractivity contribution < 1.29 is 21.5 Å². The summed E-state index contributed by atoms with van der Waals surface area (Å²) < 4.78 is 7.44. The molecule has 0 aromatic rings. The summed E-state index contributed by atoms with van der Waals surface area (Å²) >= 11 is -2.08. The van der Waals surface area contributed by atoms with Gasteiger partial charge in [0, 0.05) is 0 Å². The predicted octanol–water partition coefficient (Wildman–Crippen LogP) is 3.17. The molecule has 0 radical (unpaired) electrons. The van der Waals surface area contributed by atoms with E-state index in [0.29, 0.717) is 0 Å². The fraction of sp³-hybridized carbons (Fsp3) is 0.900. The molecule has 138 valence electrons. The molecule has 1 aliphatic heterocycles. The molecule has 1 fully saturated rings. The zero-order valence-electron chi connectivity index (χ0n) is 16.4. The maximum atomic E-state index is 4.08. The van der Waals surface area contributed by atoms with E-state index in [1.165, 1.54) is 68.9 Å². The van der Waals surface area contributed by atoms with E-state index < -0.39 is 18.4 Å². The van der Waals surface area contributed by atoms with Crippen molar-refractivity contribution in [1.82, 2.24) is 0 Å². The molecule has 1 rings (SSSR count). The molecule has 0 saturated carbocycles. The number of unbranched alkanes of at least 4 members (excludes halogenated alkanes) is 3. The van der Waals surface area contributed by atoms with Crippen molar-refractivity contribution in [3.63, 3.8) is 0 Å². The van der Waals surface area contributed by atoms with Crippen molar-refractivity contribution in [2.75, 3.05) is 20.1 Å². The molecule has 2 atom stereocenters. The van der Waals surface area contributed by atoms with Crippen LogP contribution in [-0.4, -0.2) is 47.1 Å². The third-order valence-corrected chi connectivity index (χ3v) is 24.4. The average molecular weight is 495 g/mol. The van der Waals surface area contributed by atoms with Crippen LogP contribution in [0.2, 0.25) is 13.3 Å². The zero-order chi connectivity index (χ0) is 16.5. The summed E-state index contributed by atoms with van der Waals surface area (Å²) in [5.41, 5.74) is 0. The van der Waals surface area contributed by atoms with Gasteiger partial charge in [0.2, 0.25) is 0 Å². The SMILES string of the molecule is C=CC[N+]1(C)CCC[C@@H]1[Sn]([CH2]CCC)([CH2]CCC)[CH2]CCC.[Br-].